The van der Waals surface area contributed by atoms with E-state index in [2.05, 4.69) is 29.4 Å². The van der Waals surface area contributed by atoms with Crippen LogP contribution in [-0.4, -0.2) is 11.0 Å². The fourth-order valence-corrected chi connectivity index (χ4v) is 2.23. The highest BCUT2D eigenvalue weighted by atomic mass is 16.4. The van der Waals surface area contributed by atoms with Crippen LogP contribution in [0, 0.1) is 0 Å². The number of nitrogen functional groups attached to an aromatic ring is 1. The minimum Gasteiger partial charge on any atom is -0.423 e. The molecule has 1 heterocycles. The molecule has 0 aliphatic heterocycles. The Bertz CT molecular complexity index is 706. The van der Waals surface area contributed by atoms with Gasteiger partial charge >= 0.3 is 0 Å². The van der Waals surface area contributed by atoms with Crippen LogP contribution >= 0.6 is 0 Å². The SMILES string of the molecule is CC(Cc1ccccc1)Nc1nc2ccc(N)cc2o1. The zero-order chi connectivity index (χ0) is 13.9. The average Bonchev–Trinajstić information content (AvgIpc) is 2.80. The van der Waals surface area contributed by atoms with Gasteiger partial charge in [0.15, 0.2) is 5.58 Å². The molecule has 1 atom stereocenters. The lowest BCUT2D eigenvalue weighted by atomic mass is 10.1. The van der Waals surface area contributed by atoms with Gasteiger partial charge in [-0.3, -0.25) is 0 Å². The van der Waals surface area contributed by atoms with Crippen LogP contribution in [0.4, 0.5) is 11.7 Å². The van der Waals surface area contributed by atoms with Crippen LogP contribution in [0.1, 0.15) is 12.5 Å². The summed E-state index contributed by atoms with van der Waals surface area (Å²) >= 11 is 0. The first kappa shape index (κ1) is 12.5. The number of benzene rings is 2. The zero-order valence-electron chi connectivity index (χ0n) is 11.3. The summed E-state index contributed by atoms with van der Waals surface area (Å²) in [4.78, 5) is 4.40. The number of aromatic nitrogens is 1. The molecule has 4 heteroatoms. The number of nitrogens with zero attached hydrogens (tertiary/aromatic N) is 1. The Labute approximate surface area is 117 Å². The molecule has 0 radical (unpaired) electrons. The second-order valence-corrected chi connectivity index (χ2v) is 4.98. The fourth-order valence-electron chi connectivity index (χ4n) is 2.23. The van der Waals surface area contributed by atoms with Crippen molar-refractivity contribution in [1.82, 2.24) is 4.98 Å². The van der Waals surface area contributed by atoms with Crippen LogP contribution < -0.4 is 11.1 Å². The van der Waals surface area contributed by atoms with Crippen molar-refractivity contribution >= 4 is 22.8 Å². The van der Waals surface area contributed by atoms with E-state index in [9.17, 15) is 0 Å². The lowest BCUT2D eigenvalue weighted by Gasteiger charge is -2.11. The molecule has 0 bridgehead atoms. The van der Waals surface area contributed by atoms with Crippen molar-refractivity contribution < 1.29 is 4.42 Å². The van der Waals surface area contributed by atoms with Crippen molar-refractivity contribution in [1.29, 1.82) is 0 Å². The number of nitrogens with one attached hydrogen (secondary N) is 1. The number of rotatable bonds is 4. The highest BCUT2D eigenvalue weighted by Gasteiger charge is 2.09. The summed E-state index contributed by atoms with van der Waals surface area (Å²) in [5.41, 5.74) is 9.21. The van der Waals surface area contributed by atoms with Crippen LogP contribution in [0.2, 0.25) is 0 Å². The van der Waals surface area contributed by atoms with Gasteiger partial charge in [0.2, 0.25) is 0 Å². The van der Waals surface area contributed by atoms with E-state index in [1.165, 1.54) is 5.56 Å². The molecule has 1 unspecified atom stereocenters. The predicted molar refractivity (Wildman–Crippen MR) is 81.7 cm³/mol. The standard InChI is InChI=1S/C16H17N3O/c1-11(9-12-5-3-2-4-6-12)18-16-19-14-8-7-13(17)10-15(14)20-16/h2-8,10-11H,9,17H2,1H3,(H,18,19). The van der Waals surface area contributed by atoms with Crippen molar-refractivity contribution in [2.24, 2.45) is 0 Å². The summed E-state index contributed by atoms with van der Waals surface area (Å²) < 4.78 is 5.65. The number of hydrogen-bond donors (Lipinski definition) is 2. The second kappa shape index (κ2) is 5.25. The van der Waals surface area contributed by atoms with Gasteiger partial charge < -0.3 is 15.5 Å². The average molecular weight is 267 g/mol. The Kier molecular flexibility index (Phi) is 3.29. The molecule has 0 aliphatic rings. The molecule has 0 saturated carbocycles. The summed E-state index contributed by atoms with van der Waals surface area (Å²) in [6.45, 7) is 2.11. The van der Waals surface area contributed by atoms with Crippen LogP contribution in [0.3, 0.4) is 0 Å². The number of fused-ring (bicyclic) bond motifs is 1. The number of oxazole rings is 1. The van der Waals surface area contributed by atoms with E-state index in [0.717, 1.165) is 11.9 Å². The first-order valence-corrected chi connectivity index (χ1v) is 6.67. The molecule has 3 rings (SSSR count). The first-order valence-electron chi connectivity index (χ1n) is 6.67. The van der Waals surface area contributed by atoms with E-state index >= 15 is 0 Å². The van der Waals surface area contributed by atoms with Crippen molar-refractivity contribution in [3.63, 3.8) is 0 Å². The molecule has 4 nitrogen and oxygen atoms in total. The molecule has 20 heavy (non-hydrogen) atoms. The van der Waals surface area contributed by atoms with Gasteiger partial charge in [0.1, 0.15) is 5.52 Å². The topological polar surface area (TPSA) is 64.1 Å². The van der Waals surface area contributed by atoms with Gasteiger partial charge in [-0.15, -0.1) is 0 Å². The molecule has 0 amide bonds. The van der Waals surface area contributed by atoms with Gasteiger partial charge in [-0.1, -0.05) is 30.3 Å². The normalized spacial score (nSPS) is 12.4. The molecule has 0 spiro atoms. The maximum Gasteiger partial charge on any atom is 0.295 e. The first-order chi connectivity index (χ1) is 9.70. The molecule has 0 saturated heterocycles. The molecule has 102 valence electrons. The maximum absolute atomic E-state index is 5.73. The van der Waals surface area contributed by atoms with E-state index in [0.29, 0.717) is 17.3 Å². The summed E-state index contributed by atoms with van der Waals surface area (Å²) in [7, 11) is 0. The quantitative estimate of drug-likeness (QED) is 0.711. The number of anilines is 2. The van der Waals surface area contributed by atoms with Gasteiger partial charge in [-0.2, -0.15) is 4.98 Å². The maximum atomic E-state index is 5.73. The lowest BCUT2D eigenvalue weighted by Crippen LogP contribution is -2.18. The molecule has 3 aromatic rings. The van der Waals surface area contributed by atoms with E-state index in [4.69, 9.17) is 10.2 Å². The third kappa shape index (κ3) is 2.74. The smallest absolute Gasteiger partial charge is 0.295 e. The van der Waals surface area contributed by atoms with Gasteiger partial charge in [0.05, 0.1) is 0 Å². The minimum atomic E-state index is 0.239. The largest absolute Gasteiger partial charge is 0.423 e. The summed E-state index contributed by atoms with van der Waals surface area (Å²) in [5, 5.41) is 3.28. The Morgan fingerprint density at radius 3 is 2.80 bits per heavy atom. The van der Waals surface area contributed by atoms with Gasteiger partial charge in [0, 0.05) is 17.8 Å². The molecule has 1 aromatic heterocycles. The summed E-state index contributed by atoms with van der Waals surface area (Å²) in [6.07, 6.45) is 0.918. The summed E-state index contributed by atoms with van der Waals surface area (Å²) in [5.74, 6) is 0. The van der Waals surface area contributed by atoms with Crippen LogP contribution in [0.25, 0.3) is 11.1 Å². The molecule has 2 aromatic carbocycles. The molecule has 3 N–H and O–H groups in total. The van der Waals surface area contributed by atoms with Crippen LogP contribution in [0.5, 0.6) is 0 Å². The van der Waals surface area contributed by atoms with Crippen molar-refractivity contribution in [3.8, 4) is 0 Å². The van der Waals surface area contributed by atoms with Crippen LogP contribution in [0.15, 0.2) is 52.9 Å². The highest BCUT2D eigenvalue weighted by molar-refractivity contribution is 5.78. The molecular weight excluding hydrogens is 250 g/mol. The third-order valence-corrected chi connectivity index (χ3v) is 3.17. The Hall–Kier alpha value is -2.49. The minimum absolute atomic E-state index is 0.239. The van der Waals surface area contributed by atoms with E-state index < -0.39 is 0 Å². The van der Waals surface area contributed by atoms with Crippen molar-refractivity contribution in [3.05, 3.63) is 54.1 Å². The van der Waals surface area contributed by atoms with Gasteiger partial charge in [-0.25, -0.2) is 0 Å². The fraction of sp³-hybridized carbons (Fsp3) is 0.188. The number of hydrogen-bond acceptors (Lipinski definition) is 4. The van der Waals surface area contributed by atoms with E-state index in [1.54, 1.807) is 6.07 Å². The third-order valence-electron chi connectivity index (χ3n) is 3.17. The van der Waals surface area contributed by atoms with Gasteiger partial charge in [-0.05, 0) is 31.0 Å². The van der Waals surface area contributed by atoms with E-state index in [1.807, 2.05) is 30.3 Å². The Morgan fingerprint density at radius 1 is 1.20 bits per heavy atom. The number of nitrogens with two attached hydrogens (primary N) is 1. The molecule has 0 aliphatic carbocycles. The van der Waals surface area contributed by atoms with Crippen LogP contribution in [-0.2, 0) is 6.42 Å². The van der Waals surface area contributed by atoms with Gasteiger partial charge in [0.25, 0.3) is 6.01 Å². The monoisotopic (exact) mass is 267 g/mol. The second-order valence-electron chi connectivity index (χ2n) is 4.98. The zero-order valence-corrected chi connectivity index (χ0v) is 11.3. The summed E-state index contributed by atoms with van der Waals surface area (Å²) in [6, 6.07) is 16.6. The van der Waals surface area contributed by atoms with Crippen molar-refractivity contribution in [2.75, 3.05) is 11.1 Å². The highest BCUT2D eigenvalue weighted by Crippen LogP contribution is 2.21. The predicted octanol–water partition coefficient (Wildman–Crippen LogP) is 3.45. The lowest BCUT2D eigenvalue weighted by molar-refractivity contribution is 0.599. The van der Waals surface area contributed by atoms with E-state index in [-0.39, 0.29) is 6.04 Å². The Balaban J connectivity index is 1.72. The Morgan fingerprint density at radius 2 is 2.00 bits per heavy atom. The van der Waals surface area contributed by atoms with Crippen molar-refractivity contribution in [2.45, 2.75) is 19.4 Å². The molecular formula is C16H17N3O. The molecule has 0 fully saturated rings.